The van der Waals surface area contributed by atoms with Crippen LogP contribution in [0.2, 0.25) is 5.28 Å². The van der Waals surface area contributed by atoms with Crippen molar-refractivity contribution in [3.05, 3.63) is 35.1 Å². The first-order chi connectivity index (χ1) is 10.1. The molecule has 0 aliphatic carbocycles. The number of halogens is 1. The van der Waals surface area contributed by atoms with Crippen LogP contribution >= 0.6 is 11.6 Å². The first-order valence-corrected chi connectivity index (χ1v) is 6.50. The Balaban J connectivity index is 2.13. The van der Waals surface area contributed by atoms with Crippen LogP contribution in [0.25, 0.3) is 0 Å². The summed E-state index contributed by atoms with van der Waals surface area (Å²) in [5.41, 5.74) is 1.93. The first kappa shape index (κ1) is 15.0. The number of aryl methyl sites for hydroxylation is 1. The fourth-order valence-electron chi connectivity index (χ4n) is 1.56. The number of nitrogens with zero attached hydrogens (tertiary/aromatic N) is 3. The van der Waals surface area contributed by atoms with E-state index in [-0.39, 0.29) is 23.7 Å². The molecular formula is C13H14ClN5O2. The number of anilines is 3. The fraction of sp³-hybridized carbons (Fsp3) is 0.231. The number of methoxy groups -OCH3 is 1. The quantitative estimate of drug-likeness (QED) is 0.818. The van der Waals surface area contributed by atoms with Gasteiger partial charge >= 0.3 is 5.97 Å². The van der Waals surface area contributed by atoms with E-state index in [1.165, 1.54) is 7.11 Å². The van der Waals surface area contributed by atoms with Crippen LogP contribution in [0.15, 0.2) is 24.3 Å². The summed E-state index contributed by atoms with van der Waals surface area (Å²) in [4.78, 5) is 23.1. The highest BCUT2D eigenvalue weighted by Crippen LogP contribution is 2.16. The minimum absolute atomic E-state index is 0.0209. The Morgan fingerprint density at radius 3 is 2.76 bits per heavy atom. The second-order valence-electron chi connectivity index (χ2n) is 4.18. The lowest BCUT2D eigenvalue weighted by molar-refractivity contribution is -0.138. The molecule has 2 aromatic rings. The molecule has 110 valence electrons. The van der Waals surface area contributed by atoms with Gasteiger partial charge in [-0.05, 0) is 36.2 Å². The number of rotatable bonds is 5. The van der Waals surface area contributed by atoms with Gasteiger partial charge in [0.1, 0.15) is 6.54 Å². The molecule has 1 heterocycles. The molecule has 0 radical (unpaired) electrons. The normalized spacial score (nSPS) is 10.0. The van der Waals surface area contributed by atoms with Gasteiger partial charge in [-0.1, -0.05) is 12.1 Å². The van der Waals surface area contributed by atoms with Gasteiger partial charge in [0.2, 0.25) is 17.2 Å². The van der Waals surface area contributed by atoms with E-state index in [1.807, 2.05) is 31.2 Å². The summed E-state index contributed by atoms with van der Waals surface area (Å²) < 4.78 is 4.52. The second-order valence-corrected chi connectivity index (χ2v) is 4.51. The maximum Gasteiger partial charge on any atom is 0.325 e. The lowest BCUT2D eigenvalue weighted by atomic mass is 10.2. The van der Waals surface area contributed by atoms with E-state index in [0.717, 1.165) is 11.3 Å². The minimum atomic E-state index is -0.431. The van der Waals surface area contributed by atoms with Crippen molar-refractivity contribution in [2.24, 2.45) is 0 Å². The van der Waals surface area contributed by atoms with E-state index in [4.69, 9.17) is 11.6 Å². The van der Waals surface area contributed by atoms with Crippen LogP contribution in [0, 0.1) is 6.92 Å². The number of carbonyl (C=O) groups is 1. The van der Waals surface area contributed by atoms with Crippen molar-refractivity contribution < 1.29 is 9.53 Å². The molecule has 1 aromatic heterocycles. The molecule has 0 amide bonds. The molecule has 0 spiro atoms. The number of ether oxygens (including phenoxy) is 1. The molecule has 0 saturated carbocycles. The molecular weight excluding hydrogens is 294 g/mol. The largest absolute Gasteiger partial charge is 0.468 e. The average Bonchev–Trinajstić information content (AvgIpc) is 2.44. The average molecular weight is 308 g/mol. The Bertz CT molecular complexity index is 650. The third kappa shape index (κ3) is 4.57. The predicted octanol–water partition coefficient (Wildman–Crippen LogP) is 2.16. The molecule has 2 N–H and O–H groups in total. The lowest BCUT2D eigenvalue weighted by Crippen LogP contribution is -2.17. The van der Waals surface area contributed by atoms with Gasteiger partial charge in [-0.2, -0.15) is 15.0 Å². The Kier molecular flexibility index (Phi) is 4.89. The summed E-state index contributed by atoms with van der Waals surface area (Å²) in [6.45, 7) is 1.93. The molecule has 0 aliphatic rings. The summed E-state index contributed by atoms with van der Waals surface area (Å²) in [5, 5.41) is 5.76. The van der Waals surface area contributed by atoms with Crippen LogP contribution in [0.3, 0.4) is 0 Å². The van der Waals surface area contributed by atoms with Crippen LogP contribution in [-0.2, 0) is 9.53 Å². The van der Waals surface area contributed by atoms with Crippen molar-refractivity contribution in [3.63, 3.8) is 0 Å². The number of aromatic nitrogens is 3. The Morgan fingerprint density at radius 2 is 2.05 bits per heavy atom. The van der Waals surface area contributed by atoms with Crippen molar-refractivity contribution in [1.29, 1.82) is 0 Å². The minimum Gasteiger partial charge on any atom is -0.468 e. The molecule has 21 heavy (non-hydrogen) atoms. The topological polar surface area (TPSA) is 89.0 Å². The maximum absolute atomic E-state index is 11.1. The first-order valence-electron chi connectivity index (χ1n) is 6.13. The molecule has 0 saturated heterocycles. The van der Waals surface area contributed by atoms with E-state index in [9.17, 15) is 4.79 Å². The summed E-state index contributed by atoms with van der Waals surface area (Å²) in [6, 6.07) is 7.72. The fourth-order valence-corrected chi connectivity index (χ4v) is 1.72. The highest BCUT2D eigenvalue weighted by atomic mass is 35.5. The Morgan fingerprint density at radius 1 is 1.29 bits per heavy atom. The smallest absolute Gasteiger partial charge is 0.325 e. The maximum atomic E-state index is 11.1. The Labute approximate surface area is 126 Å². The Hall–Kier alpha value is -2.41. The lowest BCUT2D eigenvalue weighted by Gasteiger charge is -2.08. The molecule has 2 rings (SSSR count). The van der Waals surface area contributed by atoms with Crippen LogP contribution < -0.4 is 10.6 Å². The third-order valence-electron chi connectivity index (χ3n) is 2.50. The highest BCUT2D eigenvalue weighted by molar-refractivity contribution is 6.28. The number of esters is 1. The van der Waals surface area contributed by atoms with Gasteiger partial charge in [0, 0.05) is 5.69 Å². The molecule has 1 aromatic carbocycles. The SMILES string of the molecule is COC(=O)CNc1nc(Cl)nc(Nc2cccc(C)c2)n1. The van der Waals surface area contributed by atoms with Crippen molar-refractivity contribution in [3.8, 4) is 0 Å². The van der Waals surface area contributed by atoms with Crippen LogP contribution in [0.5, 0.6) is 0 Å². The van der Waals surface area contributed by atoms with Crippen molar-refractivity contribution in [2.45, 2.75) is 6.92 Å². The summed E-state index contributed by atoms with van der Waals surface area (Å²) >= 11 is 5.84. The van der Waals surface area contributed by atoms with Crippen molar-refractivity contribution >= 4 is 35.2 Å². The monoisotopic (exact) mass is 307 g/mol. The van der Waals surface area contributed by atoms with Crippen molar-refractivity contribution in [2.75, 3.05) is 24.3 Å². The van der Waals surface area contributed by atoms with Crippen molar-refractivity contribution in [1.82, 2.24) is 15.0 Å². The molecule has 0 atom stereocenters. The summed E-state index contributed by atoms with van der Waals surface area (Å²) in [6.07, 6.45) is 0. The van der Waals surface area contributed by atoms with Gasteiger partial charge in [-0.3, -0.25) is 4.79 Å². The highest BCUT2D eigenvalue weighted by Gasteiger charge is 2.07. The van der Waals surface area contributed by atoms with Gasteiger partial charge in [0.25, 0.3) is 0 Å². The van der Waals surface area contributed by atoms with Crippen LogP contribution in [0.4, 0.5) is 17.6 Å². The number of nitrogens with one attached hydrogen (secondary N) is 2. The molecule has 8 heteroatoms. The molecule has 0 fully saturated rings. The second kappa shape index (κ2) is 6.85. The third-order valence-corrected chi connectivity index (χ3v) is 2.67. The zero-order chi connectivity index (χ0) is 15.2. The predicted molar refractivity (Wildman–Crippen MR) is 79.8 cm³/mol. The number of hydrogen-bond donors (Lipinski definition) is 2. The van der Waals surface area contributed by atoms with E-state index >= 15 is 0 Å². The van der Waals surface area contributed by atoms with E-state index < -0.39 is 5.97 Å². The van der Waals surface area contributed by atoms with E-state index in [0.29, 0.717) is 0 Å². The van der Waals surface area contributed by atoms with Gasteiger partial charge < -0.3 is 15.4 Å². The molecule has 0 aliphatic heterocycles. The molecule has 7 nitrogen and oxygen atoms in total. The standard InChI is InChI=1S/C13H14ClN5O2/c1-8-4-3-5-9(6-8)16-13-18-11(14)17-12(19-13)15-7-10(20)21-2/h3-6H,7H2,1-2H3,(H2,15,16,17,18,19). The number of benzene rings is 1. The van der Waals surface area contributed by atoms with Crippen LogP contribution in [0.1, 0.15) is 5.56 Å². The summed E-state index contributed by atoms with van der Waals surface area (Å²) in [7, 11) is 1.30. The van der Waals surface area contributed by atoms with Gasteiger partial charge in [0.05, 0.1) is 7.11 Å². The van der Waals surface area contributed by atoms with Gasteiger partial charge in [-0.25, -0.2) is 0 Å². The van der Waals surface area contributed by atoms with Crippen LogP contribution in [-0.4, -0.2) is 34.6 Å². The van der Waals surface area contributed by atoms with E-state index in [2.05, 4.69) is 30.3 Å². The summed E-state index contributed by atoms with van der Waals surface area (Å²) in [5.74, 6) is 0.0447. The zero-order valence-electron chi connectivity index (χ0n) is 11.6. The number of hydrogen-bond acceptors (Lipinski definition) is 7. The van der Waals surface area contributed by atoms with Gasteiger partial charge in [0.15, 0.2) is 0 Å². The molecule has 0 bridgehead atoms. The van der Waals surface area contributed by atoms with Gasteiger partial charge in [-0.15, -0.1) is 0 Å². The molecule has 0 unspecified atom stereocenters. The van der Waals surface area contributed by atoms with E-state index in [1.54, 1.807) is 0 Å². The number of carbonyl (C=O) groups excluding carboxylic acids is 1. The zero-order valence-corrected chi connectivity index (χ0v) is 12.3.